The Morgan fingerprint density at radius 3 is 2.33 bits per heavy atom. The van der Waals surface area contributed by atoms with Gasteiger partial charge in [0.05, 0.1) is 11.0 Å². The van der Waals surface area contributed by atoms with Crippen molar-refractivity contribution in [3.05, 3.63) is 62.2 Å². The van der Waals surface area contributed by atoms with E-state index in [1.807, 2.05) is 13.8 Å². The summed E-state index contributed by atoms with van der Waals surface area (Å²) in [5, 5.41) is 20.4. The highest BCUT2D eigenvalue weighted by atomic mass is 35.5. The molecule has 0 aromatic heterocycles. The number of benzene rings is 2. The average molecular weight is 303 g/mol. The van der Waals surface area contributed by atoms with E-state index in [4.69, 9.17) is 21.6 Å². The van der Waals surface area contributed by atoms with Crippen molar-refractivity contribution >= 4 is 17.3 Å². The normalized spacial score (nSPS) is 10.0. The summed E-state index contributed by atoms with van der Waals surface area (Å²) in [5.74, 6) is 0.829. The summed E-state index contributed by atoms with van der Waals surface area (Å²) in [5.41, 5.74) is 1.43. The van der Waals surface area contributed by atoms with Gasteiger partial charge < -0.3 is 4.74 Å². The number of ether oxygens (including phenoxy) is 1. The van der Waals surface area contributed by atoms with Gasteiger partial charge in [-0.15, -0.1) is 0 Å². The zero-order valence-electron chi connectivity index (χ0n) is 11.4. The van der Waals surface area contributed by atoms with Crippen molar-refractivity contribution in [2.45, 2.75) is 13.8 Å². The van der Waals surface area contributed by atoms with Crippen LogP contribution in [0.25, 0.3) is 0 Å². The molecule has 0 aliphatic rings. The molecule has 0 saturated carbocycles. The maximum Gasteiger partial charge on any atom is 0.290 e. The summed E-state index contributed by atoms with van der Waals surface area (Å²) >= 11 is 6.08. The molecule has 106 valence electrons. The molecule has 6 heteroatoms. The van der Waals surface area contributed by atoms with Crippen LogP contribution in [-0.2, 0) is 0 Å². The van der Waals surface area contributed by atoms with E-state index in [9.17, 15) is 10.1 Å². The van der Waals surface area contributed by atoms with E-state index < -0.39 is 4.92 Å². The van der Waals surface area contributed by atoms with Crippen LogP contribution < -0.4 is 4.74 Å². The SMILES string of the molecule is Cc1cc(Oc2ccc(C#N)c([N+](=O)[O-])c2)cc(C)c1Cl. The Balaban J connectivity index is 2.39. The van der Waals surface area contributed by atoms with Gasteiger partial charge in [0, 0.05) is 5.02 Å². The van der Waals surface area contributed by atoms with Crippen molar-refractivity contribution in [3.63, 3.8) is 0 Å². The van der Waals surface area contributed by atoms with Gasteiger partial charge in [0.15, 0.2) is 0 Å². The van der Waals surface area contributed by atoms with Gasteiger partial charge in [0.25, 0.3) is 5.69 Å². The quantitative estimate of drug-likeness (QED) is 0.616. The molecule has 0 spiro atoms. The first-order chi connectivity index (χ1) is 9.92. The third-order valence-electron chi connectivity index (χ3n) is 2.93. The first-order valence-corrected chi connectivity index (χ1v) is 6.43. The fourth-order valence-electron chi connectivity index (χ4n) is 1.92. The first kappa shape index (κ1) is 14.8. The van der Waals surface area contributed by atoms with E-state index in [2.05, 4.69) is 0 Å². The molecule has 2 aromatic carbocycles. The van der Waals surface area contributed by atoms with Crippen LogP contribution >= 0.6 is 11.6 Å². The molecule has 0 heterocycles. The number of aryl methyl sites for hydroxylation is 2. The lowest BCUT2D eigenvalue weighted by Gasteiger charge is -2.09. The van der Waals surface area contributed by atoms with E-state index in [-0.39, 0.29) is 11.3 Å². The molecule has 0 bridgehead atoms. The zero-order chi connectivity index (χ0) is 15.6. The van der Waals surface area contributed by atoms with Gasteiger partial charge >= 0.3 is 0 Å². The Labute approximate surface area is 126 Å². The number of rotatable bonds is 3. The highest BCUT2D eigenvalue weighted by Gasteiger charge is 2.15. The van der Waals surface area contributed by atoms with Crippen LogP contribution in [0.15, 0.2) is 30.3 Å². The highest BCUT2D eigenvalue weighted by molar-refractivity contribution is 6.32. The minimum Gasteiger partial charge on any atom is -0.457 e. The maximum absolute atomic E-state index is 10.9. The van der Waals surface area contributed by atoms with Crippen LogP contribution in [0.1, 0.15) is 16.7 Å². The Kier molecular flexibility index (Phi) is 4.10. The number of hydrogen-bond donors (Lipinski definition) is 0. The monoisotopic (exact) mass is 302 g/mol. The number of halogens is 1. The van der Waals surface area contributed by atoms with E-state index in [0.29, 0.717) is 16.5 Å². The van der Waals surface area contributed by atoms with Crippen molar-refractivity contribution in [3.8, 4) is 17.6 Å². The molecule has 0 atom stereocenters. The summed E-state index contributed by atoms with van der Waals surface area (Å²) in [4.78, 5) is 10.3. The van der Waals surface area contributed by atoms with Crippen LogP contribution in [0, 0.1) is 35.3 Å². The van der Waals surface area contributed by atoms with Crippen molar-refractivity contribution in [1.82, 2.24) is 0 Å². The maximum atomic E-state index is 10.9. The van der Waals surface area contributed by atoms with E-state index in [0.717, 1.165) is 11.1 Å². The molecule has 0 aliphatic heterocycles. The number of nitro benzene ring substituents is 1. The van der Waals surface area contributed by atoms with Crippen molar-refractivity contribution in [2.75, 3.05) is 0 Å². The lowest BCUT2D eigenvalue weighted by atomic mass is 10.1. The van der Waals surface area contributed by atoms with Crippen LogP contribution in [0.5, 0.6) is 11.5 Å². The van der Waals surface area contributed by atoms with Crippen molar-refractivity contribution in [2.24, 2.45) is 0 Å². The Hall–Kier alpha value is -2.58. The van der Waals surface area contributed by atoms with E-state index in [1.54, 1.807) is 18.2 Å². The third-order valence-corrected chi connectivity index (χ3v) is 3.53. The standard InChI is InChI=1S/C15H11ClN2O3/c1-9-5-13(6-10(2)15(9)16)21-12-4-3-11(8-17)14(7-12)18(19)20/h3-7H,1-2H3. The predicted molar refractivity (Wildman–Crippen MR) is 78.8 cm³/mol. The minimum atomic E-state index is -0.607. The van der Waals surface area contributed by atoms with Crippen LogP contribution in [0.4, 0.5) is 5.69 Å². The molecule has 5 nitrogen and oxygen atoms in total. The van der Waals surface area contributed by atoms with Crippen molar-refractivity contribution in [1.29, 1.82) is 5.26 Å². The third kappa shape index (κ3) is 3.12. The topological polar surface area (TPSA) is 76.2 Å². The Morgan fingerprint density at radius 2 is 1.81 bits per heavy atom. The molecule has 0 radical (unpaired) electrons. The van der Waals surface area contributed by atoms with Gasteiger partial charge in [0.2, 0.25) is 0 Å². The van der Waals surface area contributed by atoms with Crippen LogP contribution in [-0.4, -0.2) is 4.92 Å². The summed E-state index contributed by atoms with van der Waals surface area (Å²) in [7, 11) is 0. The van der Waals surface area contributed by atoms with Gasteiger partial charge in [-0.25, -0.2) is 0 Å². The van der Waals surface area contributed by atoms with Crippen molar-refractivity contribution < 1.29 is 9.66 Å². The molecule has 0 N–H and O–H groups in total. The predicted octanol–water partition coefficient (Wildman–Crippen LogP) is 4.53. The Morgan fingerprint density at radius 1 is 1.19 bits per heavy atom. The van der Waals surface area contributed by atoms with Gasteiger partial charge in [-0.2, -0.15) is 5.26 Å². The molecule has 2 rings (SSSR count). The Bertz CT molecular complexity index is 743. The largest absolute Gasteiger partial charge is 0.457 e. The van der Waals surface area contributed by atoms with Crippen LogP contribution in [0.2, 0.25) is 5.02 Å². The summed E-state index contributed by atoms with van der Waals surface area (Å²) < 4.78 is 5.61. The van der Waals surface area contributed by atoms with E-state index in [1.165, 1.54) is 18.2 Å². The minimum absolute atomic E-state index is 0.00387. The fourth-order valence-corrected chi connectivity index (χ4v) is 2.03. The molecule has 0 amide bonds. The molecule has 21 heavy (non-hydrogen) atoms. The average Bonchev–Trinajstić information content (AvgIpc) is 2.44. The molecule has 0 fully saturated rings. The van der Waals surface area contributed by atoms with Gasteiger partial charge in [-0.3, -0.25) is 10.1 Å². The summed E-state index contributed by atoms with van der Waals surface area (Å²) in [6, 6.07) is 9.39. The lowest BCUT2D eigenvalue weighted by Crippen LogP contribution is -1.94. The van der Waals surface area contributed by atoms with Crippen LogP contribution in [0.3, 0.4) is 0 Å². The van der Waals surface area contributed by atoms with Gasteiger partial charge in [-0.05, 0) is 49.2 Å². The zero-order valence-corrected chi connectivity index (χ0v) is 12.1. The molecular weight excluding hydrogens is 292 g/mol. The fraction of sp³-hybridized carbons (Fsp3) is 0.133. The molecule has 0 saturated heterocycles. The molecule has 0 unspecified atom stereocenters. The molecular formula is C15H11ClN2O3. The lowest BCUT2D eigenvalue weighted by molar-refractivity contribution is -0.385. The number of hydrogen-bond acceptors (Lipinski definition) is 4. The second kappa shape index (κ2) is 5.81. The highest BCUT2D eigenvalue weighted by Crippen LogP contribution is 2.31. The molecule has 2 aromatic rings. The molecule has 0 aliphatic carbocycles. The first-order valence-electron chi connectivity index (χ1n) is 6.05. The van der Waals surface area contributed by atoms with Gasteiger partial charge in [0.1, 0.15) is 23.1 Å². The van der Waals surface area contributed by atoms with E-state index >= 15 is 0 Å². The second-order valence-corrected chi connectivity index (χ2v) is 4.90. The summed E-state index contributed by atoms with van der Waals surface area (Å²) in [6.07, 6.45) is 0. The van der Waals surface area contributed by atoms with Gasteiger partial charge in [-0.1, -0.05) is 11.6 Å². The number of nitro groups is 1. The second-order valence-electron chi connectivity index (χ2n) is 4.52. The smallest absolute Gasteiger partial charge is 0.290 e. The summed E-state index contributed by atoms with van der Waals surface area (Å²) in [6.45, 7) is 3.70. The number of nitriles is 1. The number of nitrogens with zero attached hydrogens (tertiary/aromatic N) is 2.